The molecule has 0 spiro atoms. The third-order valence-electron chi connectivity index (χ3n) is 5.85. The normalized spacial score (nSPS) is 20.5. The first kappa shape index (κ1) is 26.6. The second-order valence-electron chi connectivity index (χ2n) is 8.94. The predicted octanol–water partition coefficient (Wildman–Crippen LogP) is 3.46. The summed E-state index contributed by atoms with van der Waals surface area (Å²) in [6.07, 6.45) is 3.54. The number of hydrogen-bond acceptors (Lipinski definition) is 8. The van der Waals surface area contributed by atoms with Crippen LogP contribution in [0.1, 0.15) is 58.9 Å². The van der Waals surface area contributed by atoms with Gasteiger partial charge in [0, 0.05) is 24.2 Å². The topological polar surface area (TPSA) is 123 Å². The van der Waals surface area contributed by atoms with Crippen molar-refractivity contribution in [2.24, 2.45) is 11.8 Å². The zero-order valence-electron chi connectivity index (χ0n) is 19.8. The van der Waals surface area contributed by atoms with Crippen LogP contribution in [0.15, 0.2) is 18.2 Å². The van der Waals surface area contributed by atoms with Gasteiger partial charge in [0.05, 0.1) is 13.0 Å². The van der Waals surface area contributed by atoms with Gasteiger partial charge in [-0.1, -0.05) is 26.3 Å². The SMILES string of the molecule is CC1CCCC(C)C1OC(=O)Cc1ccc(OC(=O)C(=O)O)cc1OCCCN(O)C(C)C. The quantitative estimate of drug-likeness (QED) is 0.176. The molecule has 1 aliphatic carbocycles. The van der Waals surface area contributed by atoms with E-state index in [1.54, 1.807) is 6.07 Å². The summed E-state index contributed by atoms with van der Waals surface area (Å²) >= 11 is 0. The standard InChI is InChI=1S/C24H35NO8/c1-15(2)25(30)11-6-12-31-20-14-19(32-24(29)23(27)28)10-9-18(20)13-21(26)33-22-16(3)7-5-8-17(22)4/h9-10,14-17,22,30H,5-8,11-13H2,1-4H3,(H,27,28). The summed E-state index contributed by atoms with van der Waals surface area (Å²) in [6.45, 7) is 8.53. The molecule has 1 aliphatic rings. The zero-order valence-corrected chi connectivity index (χ0v) is 19.8. The highest BCUT2D eigenvalue weighted by Crippen LogP contribution is 2.32. The minimum absolute atomic E-state index is 0.00462. The van der Waals surface area contributed by atoms with Crippen LogP contribution in [0.2, 0.25) is 0 Å². The van der Waals surface area contributed by atoms with Gasteiger partial charge in [0.1, 0.15) is 17.6 Å². The molecule has 0 saturated heterocycles. The third-order valence-corrected chi connectivity index (χ3v) is 5.85. The summed E-state index contributed by atoms with van der Waals surface area (Å²) in [5, 5.41) is 19.7. The molecule has 2 atom stereocenters. The van der Waals surface area contributed by atoms with Crippen molar-refractivity contribution in [1.29, 1.82) is 0 Å². The maximum absolute atomic E-state index is 12.7. The Morgan fingerprint density at radius 2 is 1.82 bits per heavy atom. The number of hydroxylamine groups is 2. The number of carbonyl (C=O) groups is 3. The molecule has 0 heterocycles. The fourth-order valence-corrected chi connectivity index (χ4v) is 3.93. The highest BCUT2D eigenvalue weighted by atomic mass is 16.6. The Hall–Kier alpha value is -2.65. The number of benzene rings is 1. The Kier molecular flexibility index (Phi) is 10.1. The van der Waals surface area contributed by atoms with Crippen LogP contribution in [-0.2, 0) is 25.5 Å². The van der Waals surface area contributed by atoms with E-state index in [4.69, 9.17) is 19.3 Å². The molecule has 0 bridgehead atoms. The van der Waals surface area contributed by atoms with Gasteiger partial charge in [0.2, 0.25) is 0 Å². The smallest absolute Gasteiger partial charge is 0.422 e. The van der Waals surface area contributed by atoms with E-state index in [2.05, 4.69) is 13.8 Å². The molecule has 2 N–H and O–H groups in total. The summed E-state index contributed by atoms with van der Waals surface area (Å²) in [6, 6.07) is 4.32. The van der Waals surface area contributed by atoms with Crippen LogP contribution in [-0.4, -0.2) is 58.6 Å². The van der Waals surface area contributed by atoms with Crippen molar-refractivity contribution in [2.75, 3.05) is 13.2 Å². The Morgan fingerprint density at radius 1 is 1.15 bits per heavy atom. The van der Waals surface area contributed by atoms with E-state index in [-0.39, 0.29) is 36.9 Å². The van der Waals surface area contributed by atoms with E-state index < -0.39 is 11.9 Å². The summed E-state index contributed by atoms with van der Waals surface area (Å²) in [7, 11) is 0. The first-order valence-electron chi connectivity index (χ1n) is 11.4. The van der Waals surface area contributed by atoms with Crippen molar-refractivity contribution in [3.63, 3.8) is 0 Å². The number of rotatable bonds is 10. The van der Waals surface area contributed by atoms with Gasteiger partial charge in [-0.25, -0.2) is 9.59 Å². The van der Waals surface area contributed by atoms with Gasteiger partial charge >= 0.3 is 17.9 Å². The van der Waals surface area contributed by atoms with Gasteiger partial charge in [0.25, 0.3) is 0 Å². The maximum atomic E-state index is 12.7. The molecule has 0 radical (unpaired) electrons. The number of ether oxygens (including phenoxy) is 3. The van der Waals surface area contributed by atoms with Crippen molar-refractivity contribution in [1.82, 2.24) is 5.06 Å². The minimum atomic E-state index is -1.71. The first-order chi connectivity index (χ1) is 15.6. The van der Waals surface area contributed by atoms with Crippen LogP contribution in [0.3, 0.4) is 0 Å². The van der Waals surface area contributed by atoms with E-state index in [9.17, 15) is 19.6 Å². The highest BCUT2D eigenvalue weighted by Gasteiger charge is 2.31. The largest absolute Gasteiger partial charge is 0.493 e. The Morgan fingerprint density at radius 3 is 2.42 bits per heavy atom. The van der Waals surface area contributed by atoms with Gasteiger partial charge in [-0.15, -0.1) is 0 Å². The third kappa shape index (κ3) is 8.33. The summed E-state index contributed by atoms with van der Waals surface area (Å²) < 4.78 is 16.4. The van der Waals surface area contributed by atoms with E-state index in [1.165, 1.54) is 17.2 Å². The molecule has 9 nitrogen and oxygen atoms in total. The number of carboxylic acids is 1. The Balaban J connectivity index is 2.09. The lowest BCUT2D eigenvalue weighted by Gasteiger charge is -2.34. The van der Waals surface area contributed by atoms with E-state index >= 15 is 0 Å². The number of esters is 2. The maximum Gasteiger partial charge on any atom is 0.422 e. The number of carbonyl (C=O) groups excluding carboxylic acids is 2. The van der Waals surface area contributed by atoms with Crippen molar-refractivity contribution >= 4 is 17.9 Å². The number of aliphatic carboxylic acids is 1. The molecule has 0 amide bonds. The van der Waals surface area contributed by atoms with Crippen LogP contribution >= 0.6 is 0 Å². The zero-order chi connectivity index (χ0) is 24.5. The predicted molar refractivity (Wildman–Crippen MR) is 119 cm³/mol. The van der Waals surface area contributed by atoms with Crippen molar-refractivity contribution in [3.8, 4) is 11.5 Å². The molecule has 0 aliphatic heterocycles. The fraction of sp³-hybridized carbons (Fsp3) is 0.625. The molecule has 2 rings (SSSR count). The van der Waals surface area contributed by atoms with Gasteiger partial charge in [-0.2, -0.15) is 5.06 Å². The van der Waals surface area contributed by atoms with Crippen LogP contribution in [0.25, 0.3) is 0 Å². The summed E-state index contributed by atoms with van der Waals surface area (Å²) in [5.74, 6) is -2.61. The molecule has 33 heavy (non-hydrogen) atoms. The molecule has 1 fully saturated rings. The first-order valence-corrected chi connectivity index (χ1v) is 11.4. The van der Waals surface area contributed by atoms with Crippen molar-refractivity contribution in [3.05, 3.63) is 23.8 Å². The average Bonchev–Trinajstić information content (AvgIpc) is 2.75. The lowest BCUT2D eigenvalue weighted by Crippen LogP contribution is -2.35. The number of nitrogens with zero attached hydrogens (tertiary/aromatic N) is 1. The molecule has 1 aromatic rings. The van der Waals surface area contributed by atoms with Crippen molar-refractivity contribution < 1.29 is 38.9 Å². The minimum Gasteiger partial charge on any atom is -0.493 e. The summed E-state index contributed by atoms with van der Waals surface area (Å²) in [4.78, 5) is 34.9. The Labute approximate surface area is 194 Å². The number of carboxylic acid groups (broad SMARTS) is 1. The van der Waals surface area contributed by atoms with E-state index in [1.807, 2.05) is 13.8 Å². The molecule has 1 saturated carbocycles. The molecular formula is C24H35NO8. The molecule has 9 heteroatoms. The van der Waals surface area contributed by atoms with Gasteiger partial charge in [-0.05, 0) is 51.0 Å². The van der Waals surface area contributed by atoms with Crippen LogP contribution in [0.4, 0.5) is 0 Å². The van der Waals surface area contributed by atoms with Gasteiger partial charge < -0.3 is 24.5 Å². The lowest BCUT2D eigenvalue weighted by molar-refractivity contribution is -0.158. The van der Waals surface area contributed by atoms with Crippen LogP contribution < -0.4 is 9.47 Å². The molecule has 1 aromatic carbocycles. The molecular weight excluding hydrogens is 430 g/mol. The molecule has 0 aromatic heterocycles. The van der Waals surface area contributed by atoms with Crippen molar-refractivity contribution in [2.45, 2.75) is 71.9 Å². The average molecular weight is 466 g/mol. The monoisotopic (exact) mass is 465 g/mol. The Bertz CT molecular complexity index is 815. The second-order valence-corrected chi connectivity index (χ2v) is 8.94. The van der Waals surface area contributed by atoms with Gasteiger partial charge in [0.15, 0.2) is 0 Å². The molecule has 184 valence electrons. The van der Waals surface area contributed by atoms with E-state index in [0.29, 0.717) is 36.1 Å². The highest BCUT2D eigenvalue weighted by molar-refractivity contribution is 6.29. The fourth-order valence-electron chi connectivity index (χ4n) is 3.93. The number of hydrogen-bond donors (Lipinski definition) is 2. The lowest BCUT2D eigenvalue weighted by atomic mass is 9.80. The molecule has 2 unspecified atom stereocenters. The van der Waals surface area contributed by atoms with Gasteiger partial charge in [-0.3, -0.25) is 4.79 Å². The van der Waals surface area contributed by atoms with Crippen LogP contribution in [0, 0.1) is 11.8 Å². The summed E-state index contributed by atoms with van der Waals surface area (Å²) in [5.41, 5.74) is 0.538. The van der Waals surface area contributed by atoms with Crippen LogP contribution in [0.5, 0.6) is 11.5 Å². The van der Waals surface area contributed by atoms with E-state index in [0.717, 1.165) is 19.3 Å². The second kappa shape index (κ2) is 12.6.